The summed E-state index contributed by atoms with van der Waals surface area (Å²) >= 11 is 0. The van der Waals surface area contributed by atoms with Crippen LogP contribution in [0.25, 0.3) is 0 Å². The lowest BCUT2D eigenvalue weighted by Crippen LogP contribution is -2.41. The molecule has 0 saturated carbocycles. The molecule has 4 rings (SSSR count). The van der Waals surface area contributed by atoms with E-state index < -0.39 is 28.0 Å². The van der Waals surface area contributed by atoms with Crippen LogP contribution in [0.4, 0.5) is 20.6 Å². The Morgan fingerprint density at radius 3 is 2.29 bits per heavy atom. The number of hydrogen-bond donors (Lipinski definition) is 1. The summed E-state index contributed by atoms with van der Waals surface area (Å²) in [6.45, 7) is 0.986. The Morgan fingerprint density at radius 2 is 1.65 bits per heavy atom. The van der Waals surface area contributed by atoms with Gasteiger partial charge >= 0.3 is 6.09 Å². The molecule has 0 aliphatic carbocycles. The van der Waals surface area contributed by atoms with Crippen molar-refractivity contribution in [2.45, 2.75) is 11.0 Å². The number of halogens is 1. The molecule has 1 N–H and O–H groups in total. The molecule has 11 heteroatoms. The van der Waals surface area contributed by atoms with Crippen LogP contribution in [0.2, 0.25) is 0 Å². The zero-order chi connectivity index (χ0) is 22.0. The SMILES string of the molecule is O=C1COCCN1c1ccc(N2CC(CNS(=O)(=O)c3ccc(F)cc3)OC2=O)cc1. The van der Waals surface area contributed by atoms with Crippen LogP contribution in [0.3, 0.4) is 0 Å². The van der Waals surface area contributed by atoms with E-state index in [0.717, 1.165) is 24.3 Å². The van der Waals surface area contributed by atoms with Crippen molar-refractivity contribution in [2.75, 3.05) is 42.6 Å². The Labute approximate surface area is 178 Å². The highest BCUT2D eigenvalue weighted by Crippen LogP contribution is 2.25. The highest BCUT2D eigenvalue weighted by atomic mass is 32.2. The van der Waals surface area contributed by atoms with Crippen LogP contribution in [0.1, 0.15) is 0 Å². The van der Waals surface area contributed by atoms with Crippen molar-refractivity contribution in [3.8, 4) is 0 Å². The van der Waals surface area contributed by atoms with Gasteiger partial charge < -0.3 is 14.4 Å². The third-order valence-corrected chi connectivity index (χ3v) is 6.40. The van der Waals surface area contributed by atoms with E-state index in [9.17, 15) is 22.4 Å². The predicted octanol–water partition coefficient (Wildman–Crippen LogP) is 1.49. The van der Waals surface area contributed by atoms with E-state index in [1.807, 2.05) is 0 Å². The van der Waals surface area contributed by atoms with Crippen LogP contribution >= 0.6 is 0 Å². The molecule has 2 aliphatic heterocycles. The molecule has 0 spiro atoms. The van der Waals surface area contributed by atoms with Crippen molar-refractivity contribution in [3.63, 3.8) is 0 Å². The first-order chi connectivity index (χ1) is 14.8. The topological polar surface area (TPSA) is 105 Å². The second kappa shape index (κ2) is 8.61. The summed E-state index contributed by atoms with van der Waals surface area (Å²) in [5.74, 6) is -0.670. The fraction of sp³-hybridized carbons (Fsp3) is 0.300. The molecule has 1 atom stereocenters. The molecule has 2 aromatic rings. The molecule has 0 radical (unpaired) electrons. The van der Waals surface area contributed by atoms with Crippen molar-refractivity contribution in [1.82, 2.24) is 4.72 Å². The highest BCUT2D eigenvalue weighted by Gasteiger charge is 2.33. The van der Waals surface area contributed by atoms with Crippen molar-refractivity contribution in [3.05, 3.63) is 54.3 Å². The Balaban J connectivity index is 1.38. The minimum Gasteiger partial charge on any atom is -0.443 e. The number of rotatable bonds is 6. The van der Waals surface area contributed by atoms with Crippen LogP contribution < -0.4 is 14.5 Å². The summed E-state index contributed by atoms with van der Waals surface area (Å²) < 4.78 is 50.4. The number of benzene rings is 2. The molecule has 2 aromatic carbocycles. The van der Waals surface area contributed by atoms with Gasteiger partial charge in [-0.3, -0.25) is 9.69 Å². The highest BCUT2D eigenvalue weighted by molar-refractivity contribution is 7.89. The first kappa shape index (κ1) is 21.2. The van der Waals surface area contributed by atoms with Gasteiger partial charge in [-0.05, 0) is 48.5 Å². The van der Waals surface area contributed by atoms with Crippen molar-refractivity contribution in [2.24, 2.45) is 0 Å². The van der Waals surface area contributed by atoms with Crippen LogP contribution in [0.5, 0.6) is 0 Å². The molecule has 2 saturated heterocycles. The normalized spacial score (nSPS) is 19.6. The van der Waals surface area contributed by atoms with Gasteiger partial charge in [-0.15, -0.1) is 0 Å². The lowest BCUT2D eigenvalue weighted by Gasteiger charge is -2.27. The van der Waals surface area contributed by atoms with E-state index in [1.165, 1.54) is 4.90 Å². The van der Waals surface area contributed by atoms with Gasteiger partial charge in [0.1, 0.15) is 18.5 Å². The van der Waals surface area contributed by atoms with Crippen LogP contribution in [-0.4, -0.2) is 59.4 Å². The van der Waals surface area contributed by atoms with Gasteiger partial charge in [0.25, 0.3) is 5.91 Å². The average Bonchev–Trinajstić information content (AvgIpc) is 3.14. The summed E-state index contributed by atoms with van der Waals surface area (Å²) in [4.78, 5) is 27.1. The summed E-state index contributed by atoms with van der Waals surface area (Å²) in [6.07, 6.45) is -1.29. The summed E-state index contributed by atoms with van der Waals surface area (Å²) in [6, 6.07) is 11.3. The molecule has 2 heterocycles. The van der Waals surface area contributed by atoms with E-state index >= 15 is 0 Å². The van der Waals surface area contributed by atoms with E-state index in [4.69, 9.17) is 9.47 Å². The molecule has 164 valence electrons. The number of morpholine rings is 1. The Bertz CT molecular complexity index is 1080. The van der Waals surface area contributed by atoms with Crippen LogP contribution in [0.15, 0.2) is 53.4 Å². The van der Waals surface area contributed by atoms with Gasteiger partial charge in [-0.1, -0.05) is 0 Å². The summed E-state index contributed by atoms with van der Waals surface area (Å²) in [5, 5.41) is 0. The smallest absolute Gasteiger partial charge is 0.414 e. The molecular formula is C20H20FN3O6S. The minimum atomic E-state index is -3.86. The van der Waals surface area contributed by atoms with Gasteiger partial charge in [0.2, 0.25) is 10.0 Å². The molecule has 2 aliphatic rings. The predicted molar refractivity (Wildman–Crippen MR) is 109 cm³/mol. The maximum atomic E-state index is 13.0. The van der Waals surface area contributed by atoms with Crippen LogP contribution in [0, 0.1) is 5.82 Å². The molecule has 2 fully saturated rings. The first-order valence-corrected chi connectivity index (χ1v) is 11.0. The molecule has 0 bridgehead atoms. The zero-order valence-electron chi connectivity index (χ0n) is 16.4. The van der Waals surface area contributed by atoms with Gasteiger partial charge in [0.05, 0.1) is 18.0 Å². The van der Waals surface area contributed by atoms with E-state index in [0.29, 0.717) is 24.5 Å². The average molecular weight is 449 g/mol. The van der Waals surface area contributed by atoms with Gasteiger partial charge in [-0.25, -0.2) is 22.3 Å². The maximum Gasteiger partial charge on any atom is 0.414 e. The number of nitrogens with zero attached hydrogens (tertiary/aromatic N) is 2. The van der Waals surface area contributed by atoms with E-state index in [1.54, 1.807) is 29.2 Å². The van der Waals surface area contributed by atoms with Crippen molar-refractivity contribution in [1.29, 1.82) is 0 Å². The number of carbonyl (C=O) groups is 2. The van der Waals surface area contributed by atoms with E-state index in [2.05, 4.69) is 4.72 Å². The van der Waals surface area contributed by atoms with Gasteiger partial charge in [0.15, 0.2) is 0 Å². The molecule has 1 unspecified atom stereocenters. The lowest BCUT2D eigenvalue weighted by atomic mass is 10.2. The van der Waals surface area contributed by atoms with Gasteiger partial charge in [-0.2, -0.15) is 0 Å². The quantitative estimate of drug-likeness (QED) is 0.717. The van der Waals surface area contributed by atoms with Crippen molar-refractivity contribution >= 4 is 33.4 Å². The monoisotopic (exact) mass is 449 g/mol. The lowest BCUT2D eigenvalue weighted by molar-refractivity contribution is -0.125. The molecule has 2 amide bonds. The summed E-state index contributed by atoms with van der Waals surface area (Å²) in [5.41, 5.74) is 1.27. The third kappa shape index (κ3) is 4.68. The second-order valence-corrected chi connectivity index (χ2v) is 8.80. The Kier molecular flexibility index (Phi) is 5.90. The molecule has 0 aromatic heterocycles. The van der Waals surface area contributed by atoms with Crippen molar-refractivity contribution < 1.29 is 31.9 Å². The zero-order valence-corrected chi connectivity index (χ0v) is 17.2. The largest absolute Gasteiger partial charge is 0.443 e. The number of ether oxygens (including phenoxy) is 2. The van der Waals surface area contributed by atoms with E-state index in [-0.39, 0.29) is 30.5 Å². The fourth-order valence-electron chi connectivity index (χ4n) is 3.34. The number of cyclic esters (lactones) is 1. The third-order valence-electron chi connectivity index (χ3n) is 4.96. The number of carbonyl (C=O) groups excluding carboxylic acids is 2. The number of anilines is 2. The molecule has 9 nitrogen and oxygen atoms in total. The number of amides is 2. The first-order valence-electron chi connectivity index (χ1n) is 9.55. The Morgan fingerprint density at radius 1 is 1.00 bits per heavy atom. The summed E-state index contributed by atoms with van der Waals surface area (Å²) in [7, 11) is -3.86. The Hall–Kier alpha value is -3.02. The maximum absolute atomic E-state index is 13.0. The number of sulfonamides is 1. The molecule has 31 heavy (non-hydrogen) atoms. The fourth-order valence-corrected chi connectivity index (χ4v) is 4.41. The molecular weight excluding hydrogens is 429 g/mol. The van der Waals surface area contributed by atoms with Crippen LogP contribution in [-0.2, 0) is 24.3 Å². The number of nitrogens with one attached hydrogen (secondary N) is 1. The number of hydrogen-bond acceptors (Lipinski definition) is 6. The minimum absolute atomic E-state index is 0.0374. The second-order valence-electron chi connectivity index (χ2n) is 7.04. The standard InChI is InChI=1S/C20H20FN3O6S/c21-14-1-7-18(8-2-14)31(27,28)22-11-17-12-24(20(26)30-17)16-5-3-15(4-6-16)23-9-10-29-13-19(23)25/h1-8,17,22H,9-13H2. The van der Waals surface area contributed by atoms with Gasteiger partial charge in [0, 0.05) is 24.5 Å².